The summed E-state index contributed by atoms with van der Waals surface area (Å²) in [6, 6.07) is 12.0. The van der Waals surface area contributed by atoms with Gasteiger partial charge in [-0.25, -0.2) is 9.78 Å². The molecule has 6 rings (SSSR count). The van der Waals surface area contributed by atoms with E-state index < -0.39 is 40.0 Å². The predicted molar refractivity (Wildman–Crippen MR) is 150 cm³/mol. The zero-order chi connectivity index (χ0) is 28.7. The highest BCUT2D eigenvalue weighted by Gasteiger charge is 2.56. The van der Waals surface area contributed by atoms with Gasteiger partial charge >= 0.3 is 5.97 Å². The van der Waals surface area contributed by atoms with Crippen LogP contribution in [0.5, 0.6) is 5.75 Å². The minimum atomic E-state index is -1.63. The predicted octanol–water partition coefficient (Wildman–Crippen LogP) is 2.29. The lowest BCUT2D eigenvalue weighted by Gasteiger charge is -2.48. The molecule has 11 nitrogen and oxygen atoms in total. The number of rotatable bonds is 8. The van der Waals surface area contributed by atoms with Gasteiger partial charge in [-0.1, -0.05) is 12.1 Å². The van der Waals surface area contributed by atoms with E-state index in [2.05, 4.69) is 10.3 Å². The van der Waals surface area contributed by atoms with E-state index in [-0.39, 0.29) is 35.5 Å². The molecule has 1 aromatic carbocycles. The Labute approximate surface area is 238 Å². The number of aliphatic carboxylic acids is 1. The van der Waals surface area contributed by atoms with Crippen LogP contribution in [0.2, 0.25) is 0 Å². The Morgan fingerprint density at radius 3 is 2.85 bits per heavy atom. The summed E-state index contributed by atoms with van der Waals surface area (Å²) in [7, 11) is -1.63. The van der Waals surface area contributed by atoms with Crippen LogP contribution in [0, 0.1) is 0 Å². The first-order valence-corrected chi connectivity index (χ1v) is 14.7. The van der Waals surface area contributed by atoms with Gasteiger partial charge in [0.25, 0.3) is 5.91 Å². The van der Waals surface area contributed by atoms with E-state index in [0.717, 1.165) is 9.78 Å². The van der Waals surface area contributed by atoms with Crippen molar-refractivity contribution in [2.45, 2.75) is 17.8 Å². The van der Waals surface area contributed by atoms with Crippen LogP contribution < -0.4 is 15.5 Å². The summed E-state index contributed by atoms with van der Waals surface area (Å²) in [5, 5.41) is 13.4. The average molecular weight is 592 g/mol. The Bertz CT molecular complexity index is 1810. The quantitative estimate of drug-likeness (QED) is 0.232. The van der Waals surface area contributed by atoms with E-state index in [1.54, 1.807) is 36.4 Å². The number of allylic oxidation sites excluding steroid dienone is 1. The zero-order valence-electron chi connectivity index (χ0n) is 21.1. The molecule has 13 heteroatoms. The molecule has 2 amide bonds. The number of carbonyl (C=O) groups excluding carboxylic acids is 2. The van der Waals surface area contributed by atoms with Gasteiger partial charge in [0.15, 0.2) is 16.8 Å². The summed E-state index contributed by atoms with van der Waals surface area (Å²) in [6.45, 7) is 0.0407. The molecule has 0 bridgehead atoms. The third-order valence-corrected chi connectivity index (χ3v) is 9.07. The second kappa shape index (κ2) is 10.7. The average Bonchev–Trinajstić information content (AvgIpc) is 3.45. The number of hydrogen-bond acceptors (Lipinski definition) is 9. The van der Waals surface area contributed by atoms with Crippen molar-refractivity contribution < 1.29 is 32.9 Å². The Morgan fingerprint density at radius 1 is 1.22 bits per heavy atom. The molecule has 0 spiro atoms. The molecule has 4 heterocycles. The van der Waals surface area contributed by atoms with Crippen molar-refractivity contribution in [2.24, 2.45) is 0 Å². The molecule has 41 heavy (non-hydrogen) atoms. The topological polar surface area (TPSA) is 156 Å². The minimum absolute atomic E-state index is 0.0407. The van der Waals surface area contributed by atoms with E-state index in [9.17, 15) is 28.5 Å². The highest BCUT2D eigenvalue weighted by Crippen LogP contribution is 2.35. The zero-order valence-corrected chi connectivity index (χ0v) is 22.8. The number of aromatic nitrogens is 1. The number of benzene rings is 2. The number of ether oxygens (including phenoxy) is 1. The maximum atomic E-state index is 13.0. The molecule has 4 aliphatic rings. The third kappa shape index (κ3) is 5.16. The monoisotopic (exact) mass is 591 g/mol. The number of fused-ring (bicyclic) bond motifs is 3. The molecule has 1 saturated heterocycles. The molecule has 208 valence electrons. The van der Waals surface area contributed by atoms with Gasteiger partial charge in [0, 0.05) is 17.0 Å². The maximum Gasteiger partial charge on any atom is 0.352 e. The van der Waals surface area contributed by atoms with Crippen LogP contribution in [0.4, 0.5) is 0 Å². The van der Waals surface area contributed by atoms with Crippen molar-refractivity contribution >= 4 is 51.0 Å². The molecule has 0 radical (unpaired) electrons. The molecule has 1 fully saturated rings. The number of hydrogen-bond donors (Lipinski definition) is 2. The summed E-state index contributed by atoms with van der Waals surface area (Å²) in [4.78, 5) is 55.3. The van der Waals surface area contributed by atoms with Gasteiger partial charge in [-0.2, -0.15) is 0 Å². The van der Waals surface area contributed by atoms with Crippen LogP contribution in [0.25, 0.3) is 22.6 Å². The lowest BCUT2D eigenvalue weighted by atomic mass is 10.0. The van der Waals surface area contributed by atoms with E-state index in [0.29, 0.717) is 28.3 Å². The fraction of sp³-hybridized carbons (Fsp3) is 0.179. The van der Waals surface area contributed by atoms with E-state index in [1.165, 1.54) is 29.5 Å². The highest BCUT2D eigenvalue weighted by atomic mass is 32.2. The van der Waals surface area contributed by atoms with Gasteiger partial charge in [-0.15, -0.1) is 11.3 Å². The largest absolute Gasteiger partial charge is 0.489 e. The molecule has 1 unspecified atom stereocenters. The molecule has 0 saturated carbocycles. The molecule has 1 aliphatic carbocycles. The Morgan fingerprint density at radius 2 is 2.07 bits per heavy atom. The fourth-order valence-electron chi connectivity index (χ4n) is 4.74. The number of carboxylic acid groups (broad SMARTS) is 1. The first-order valence-electron chi connectivity index (χ1n) is 12.4. The van der Waals surface area contributed by atoms with Gasteiger partial charge in [-0.05, 0) is 47.4 Å². The van der Waals surface area contributed by atoms with Gasteiger partial charge in [0.1, 0.15) is 40.7 Å². The number of amides is 2. The minimum Gasteiger partial charge on any atom is -0.489 e. The van der Waals surface area contributed by atoms with Crippen LogP contribution >= 0.6 is 11.3 Å². The first kappa shape index (κ1) is 26.6. The van der Waals surface area contributed by atoms with E-state index >= 15 is 0 Å². The summed E-state index contributed by atoms with van der Waals surface area (Å²) >= 11 is 1.40. The van der Waals surface area contributed by atoms with Crippen molar-refractivity contribution in [3.8, 4) is 17.2 Å². The summed E-state index contributed by atoms with van der Waals surface area (Å²) in [5.41, 5.74) is 1.30. The number of nitrogens with one attached hydrogen (secondary N) is 1. The molecule has 2 N–H and O–H groups in total. The summed E-state index contributed by atoms with van der Waals surface area (Å²) in [5.74, 6) is -1.65. The van der Waals surface area contributed by atoms with Gasteiger partial charge in [0.05, 0.1) is 23.0 Å². The second-order valence-electron chi connectivity index (χ2n) is 9.29. The number of carboxylic acids is 1. The second-order valence-corrected chi connectivity index (χ2v) is 11.9. The highest BCUT2D eigenvalue weighted by molar-refractivity contribution is 7.86. The van der Waals surface area contributed by atoms with Crippen molar-refractivity contribution in [3.05, 3.63) is 92.4 Å². The molecular formula is C28H21N3O8S2. The molecule has 1 aromatic heterocycles. The van der Waals surface area contributed by atoms with Crippen molar-refractivity contribution in [1.29, 1.82) is 0 Å². The Hall–Kier alpha value is -4.62. The number of thiophene rings is 1. The number of carbonyl (C=O) groups is 3. The van der Waals surface area contributed by atoms with Gasteiger partial charge < -0.3 is 19.6 Å². The van der Waals surface area contributed by atoms with Crippen molar-refractivity contribution in [2.75, 3.05) is 12.4 Å². The van der Waals surface area contributed by atoms with Crippen molar-refractivity contribution in [1.82, 2.24) is 15.2 Å². The molecule has 2 aromatic rings. The summed E-state index contributed by atoms with van der Waals surface area (Å²) in [6.07, 6.45) is 3.11. The molecular weight excluding hydrogens is 570 g/mol. The van der Waals surface area contributed by atoms with E-state index in [1.807, 2.05) is 11.4 Å². The number of β-lactam (4-membered cyclic amide) rings is 1. The van der Waals surface area contributed by atoms with Crippen LogP contribution in [0.15, 0.2) is 86.5 Å². The van der Waals surface area contributed by atoms with Crippen LogP contribution in [-0.4, -0.2) is 60.8 Å². The Kier molecular flexibility index (Phi) is 6.97. The normalized spacial score (nSPS) is 20.3. The fourth-order valence-corrected chi connectivity index (χ4v) is 7.09. The lowest BCUT2D eigenvalue weighted by Crippen LogP contribution is -2.73. The standard InChI is InChI=1S/C28H21N3O8S2/c32-16-5-7-19-21(11-16)39-22-12-17(6-8-20(22)29-19)38-9-1-3-15-14-41(37)27-24(26(34)31(27)25(15)28(35)36)30-23(33)13-18-4-2-10-40-18/h1-8,10-12,24,27H,9,13-14H2,(H,30,33)(H,35,36)/b3-1-/t24-,27-,41?/m1/s1. The summed E-state index contributed by atoms with van der Waals surface area (Å²) < 4.78 is 24.6. The Balaban J connectivity index is 1.14. The van der Waals surface area contributed by atoms with Crippen LogP contribution in [0.3, 0.4) is 0 Å². The van der Waals surface area contributed by atoms with Crippen LogP contribution in [-0.2, 0) is 31.6 Å². The van der Waals surface area contributed by atoms with Crippen molar-refractivity contribution in [3.63, 3.8) is 0 Å². The SMILES string of the molecule is O=C(Cc1cccs1)N[C@@H]1C(=O)N2C(C(=O)O)=C(/C=C\COc3ccc4nc5ccc(=O)cc-5oc4c3)CS(=O)[C@H]12. The van der Waals surface area contributed by atoms with Gasteiger partial charge in [0.2, 0.25) is 5.91 Å². The third-order valence-electron chi connectivity index (χ3n) is 6.58. The maximum absolute atomic E-state index is 13.0. The van der Waals surface area contributed by atoms with E-state index in [4.69, 9.17) is 9.15 Å². The molecule has 3 aliphatic heterocycles. The van der Waals surface area contributed by atoms with Crippen LogP contribution in [0.1, 0.15) is 4.88 Å². The van der Waals surface area contributed by atoms with Gasteiger partial charge in [-0.3, -0.25) is 23.5 Å². The first-order chi connectivity index (χ1) is 19.8. The lowest BCUT2D eigenvalue weighted by molar-refractivity contribution is -0.150. The smallest absolute Gasteiger partial charge is 0.352 e. The number of nitrogens with zero attached hydrogens (tertiary/aromatic N) is 2. The molecule has 3 atom stereocenters.